The Bertz CT molecular complexity index is 1390. The van der Waals surface area contributed by atoms with Crippen LogP contribution in [0.3, 0.4) is 0 Å². The van der Waals surface area contributed by atoms with Gasteiger partial charge in [-0.05, 0) is 37.3 Å². The molecule has 144 valence electrons. The average Bonchev–Trinajstić information content (AvgIpc) is 2.99. The molecule has 0 saturated carbocycles. The van der Waals surface area contributed by atoms with Crippen LogP contribution in [0.2, 0.25) is 5.02 Å². The highest BCUT2D eigenvalue weighted by Gasteiger charge is 2.25. The van der Waals surface area contributed by atoms with Crippen LogP contribution in [0.25, 0.3) is 15.2 Å². The Hall–Kier alpha value is -2.62. The van der Waals surface area contributed by atoms with Gasteiger partial charge in [-0.2, -0.15) is 0 Å². The van der Waals surface area contributed by atoms with E-state index in [-0.39, 0.29) is 16.4 Å². The summed E-state index contributed by atoms with van der Waals surface area (Å²) in [5, 5.41) is 0.244. The van der Waals surface area contributed by atoms with E-state index in [4.69, 9.17) is 16.3 Å². The second kappa shape index (κ2) is 6.77. The molecule has 4 aromatic rings. The largest absolute Gasteiger partial charge is 0.495 e. The topological polar surface area (TPSA) is 89.8 Å². The van der Waals surface area contributed by atoms with Gasteiger partial charge in [-0.3, -0.25) is 9.52 Å². The van der Waals surface area contributed by atoms with Gasteiger partial charge >= 0.3 is 0 Å². The predicted octanol–water partition coefficient (Wildman–Crippen LogP) is 3.68. The number of para-hydroxylation sites is 1. The molecule has 0 spiro atoms. The van der Waals surface area contributed by atoms with Gasteiger partial charge < -0.3 is 4.74 Å². The number of aromatic nitrogens is 2. The minimum atomic E-state index is -4.19. The maximum Gasteiger partial charge on any atom is 0.280 e. The van der Waals surface area contributed by atoms with Gasteiger partial charge in [0.1, 0.15) is 5.75 Å². The average molecular weight is 436 g/mol. The van der Waals surface area contributed by atoms with Gasteiger partial charge in [0, 0.05) is 0 Å². The number of sulfonamides is 1. The van der Waals surface area contributed by atoms with Crippen LogP contribution in [0.5, 0.6) is 5.75 Å². The molecule has 0 fully saturated rings. The Balaban J connectivity index is 1.88. The second-order valence-electron chi connectivity index (χ2n) is 5.97. The fourth-order valence-corrected chi connectivity index (χ4v) is 5.56. The van der Waals surface area contributed by atoms with E-state index in [2.05, 4.69) is 9.71 Å². The zero-order valence-corrected chi connectivity index (χ0v) is 17.2. The Morgan fingerprint density at radius 3 is 2.68 bits per heavy atom. The molecule has 0 aliphatic heterocycles. The number of hydrogen-bond acceptors (Lipinski definition) is 6. The predicted molar refractivity (Wildman–Crippen MR) is 110 cm³/mol. The lowest BCUT2D eigenvalue weighted by atomic mass is 10.3. The summed E-state index contributed by atoms with van der Waals surface area (Å²) in [6, 6.07) is 11.7. The van der Waals surface area contributed by atoms with E-state index < -0.39 is 20.5 Å². The number of thiazole rings is 1. The van der Waals surface area contributed by atoms with Crippen molar-refractivity contribution in [2.75, 3.05) is 11.8 Å². The lowest BCUT2D eigenvalue weighted by Crippen LogP contribution is -2.27. The lowest BCUT2D eigenvalue weighted by Gasteiger charge is -2.11. The van der Waals surface area contributed by atoms with Gasteiger partial charge in [-0.1, -0.05) is 35.1 Å². The zero-order valence-electron chi connectivity index (χ0n) is 14.8. The van der Waals surface area contributed by atoms with E-state index in [1.807, 2.05) is 12.1 Å². The fraction of sp³-hybridized carbons (Fsp3) is 0.111. The summed E-state index contributed by atoms with van der Waals surface area (Å²) in [4.78, 5) is 17.5. The van der Waals surface area contributed by atoms with E-state index in [0.717, 1.165) is 4.70 Å². The quantitative estimate of drug-likeness (QED) is 0.528. The number of fused-ring (bicyclic) bond motifs is 3. The number of benzene rings is 2. The summed E-state index contributed by atoms with van der Waals surface area (Å²) in [7, 11) is -2.73. The first-order valence-electron chi connectivity index (χ1n) is 8.09. The number of ether oxygens (including phenoxy) is 1. The molecule has 0 amide bonds. The van der Waals surface area contributed by atoms with E-state index in [1.54, 1.807) is 12.1 Å². The minimum absolute atomic E-state index is 0.128. The molecule has 7 nitrogen and oxygen atoms in total. The molecule has 0 unspecified atom stereocenters. The van der Waals surface area contributed by atoms with Crippen LogP contribution < -0.4 is 15.0 Å². The summed E-state index contributed by atoms with van der Waals surface area (Å²) in [6.45, 7) is 1.50. The van der Waals surface area contributed by atoms with Crippen molar-refractivity contribution in [3.8, 4) is 5.75 Å². The number of rotatable bonds is 4. The molecule has 0 atom stereocenters. The SMILES string of the molecule is COc1ccc(NS(=O)(=O)c2c(C)nc3sc4ccccc4n3c2=O)cc1Cl. The maximum atomic E-state index is 13.1. The smallest absolute Gasteiger partial charge is 0.280 e. The molecule has 2 heterocycles. The normalized spacial score (nSPS) is 11.8. The van der Waals surface area contributed by atoms with Crippen molar-refractivity contribution in [2.24, 2.45) is 0 Å². The zero-order chi connectivity index (χ0) is 20.1. The minimum Gasteiger partial charge on any atom is -0.495 e. The highest BCUT2D eigenvalue weighted by Crippen LogP contribution is 2.29. The second-order valence-corrected chi connectivity index (χ2v) is 9.01. The molecule has 2 aromatic heterocycles. The third-order valence-corrected chi connectivity index (χ3v) is 6.99. The Morgan fingerprint density at radius 1 is 1.21 bits per heavy atom. The monoisotopic (exact) mass is 435 g/mol. The van der Waals surface area contributed by atoms with Crippen molar-refractivity contribution in [3.05, 3.63) is 63.5 Å². The first kappa shape index (κ1) is 18.7. The van der Waals surface area contributed by atoms with E-state index in [1.165, 1.54) is 48.0 Å². The standard InChI is InChI=1S/C18H14ClN3O4S2/c1-10-16(28(24,25)21-11-7-8-14(26-2)12(19)9-11)17(23)22-13-5-3-4-6-15(13)27-18(22)20-10/h3-9,21H,1-2H3. The number of aryl methyl sites for hydroxylation is 1. The number of nitrogens with one attached hydrogen (secondary N) is 1. The van der Waals surface area contributed by atoms with E-state index in [0.29, 0.717) is 16.2 Å². The van der Waals surface area contributed by atoms with E-state index >= 15 is 0 Å². The van der Waals surface area contributed by atoms with Crippen LogP contribution in [0, 0.1) is 6.92 Å². The van der Waals surface area contributed by atoms with Gasteiger partial charge in [0.25, 0.3) is 15.6 Å². The summed E-state index contributed by atoms with van der Waals surface area (Å²) < 4.78 is 35.6. The Labute approximate surface area is 169 Å². The highest BCUT2D eigenvalue weighted by atomic mass is 35.5. The van der Waals surface area contributed by atoms with Crippen molar-refractivity contribution >= 4 is 53.8 Å². The molecule has 0 aliphatic rings. The molecule has 28 heavy (non-hydrogen) atoms. The van der Waals surface area contributed by atoms with Crippen LogP contribution in [0.15, 0.2) is 52.2 Å². The number of anilines is 1. The van der Waals surface area contributed by atoms with Crippen molar-refractivity contribution in [2.45, 2.75) is 11.8 Å². The molecular weight excluding hydrogens is 422 g/mol. The molecule has 0 saturated heterocycles. The molecule has 0 aliphatic carbocycles. The third kappa shape index (κ3) is 3.01. The maximum absolute atomic E-state index is 13.1. The van der Waals surface area contributed by atoms with Crippen molar-refractivity contribution in [1.82, 2.24) is 9.38 Å². The first-order chi connectivity index (χ1) is 13.3. The van der Waals surface area contributed by atoms with Gasteiger partial charge in [0.2, 0.25) is 0 Å². The van der Waals surface area contributed by atoms with Crippen LogP contribution in [-0.4, -0.2) is 24.9 Å². The van der Waals surface area contributed by atoms with Crippen LogP contribution in [-0.2, 0) is 10.0 Å². The summed E-state index contributed by atoms with van der Waals surface area (Å²) in [5.74, 6) is 0.411. The summed E-state index contributed by atoms with van der Waals surface area (Å²) in [5.41, 5.74) is 0.310. The molecule has 1 N–H and O–H groups in total. The van der Waals surface area contributed by atoms with Gasteiger partial charge in [-0.25, -0.2) is 17.8 Å². The van der Waals surface area contributed by atoms with Crippen LogP contribution in [0.4, 0.5) is 5.69 Å². The molecule has 4 rings (SSSR count). The molecule has 2 aromatic carbocycles. The molecule has 0 radical (unpaired) electrons. The van der Waals surface area contributed by atoms with Gasteiger partial charge in [0.05, 0.1) is 33.7 Å². The van der Waals surface area contributed by atoms with Crippen LogP contribution >= 0.6 is 22.9 Å². The van der Waals surface area contributed by atoms with Crippen LogP contribution in [0.1, 0.15) is 5.69 Å². The van der Waals surface area contributed by atoms with Gasteiger partial charge in [0.15, 0.2) is 9.86 Å². The lowest BCUT2D eigenvalue weighted by molar-refractivity contribution is 0.415. The first-order valence-corrected chi connectivity index (χ1v) is 10.8. The fourth-order valence-electron chi connectivity index (χ4n) is 2.94. The number of nitrogens with zero attached hydrogens (tertiary/aromatic N) is 2. The Kier molecular flexibility index (Phi) is 4.53. The van der Waals surface area contributed by atoms with Gasteiger partial charge in [-0.15, -0.1) is 0 Å². The molecule has 10 heteroatoms. The van der Waals surface area contributed by atoms with E-state index in [9.17, 15) is 13.2 Å². The summed E-state index contributed by atoms with van der Waals surface area (Å²) in [6.07, 6.45) is 0. The molecular formula is C18H14ClN3O4S2. The summed E-state index contributed by atoms with van der Waals surface area (Å²) >= 11 is 7.38. The van der Waals surface area contributed by atoms with Crippen molar-refractivity contribution in [1.29, 1.82) is 0 Å². The Morgan fingerprint density at radius 2 is 1.96 bits per heavy atom. The van der Waals surface area contributed by atoms with Crippen molar-refractivity contribution in [3.63, 3.8) is 0 Å². The highest BCUT2D eigenvalue weighted by molar-refractivity contribution is 7.92. The number of hydrogen-bond donors (Lipinski definition) is 1. The number of halogens is 1. The molecule has 0 bridgehead atoms. The number of methoxy groups -OCH3 is 1. The third-order valence-electron chi connectivity index (χ3n) is 4.16. The van der Waals surface area contributed by atoms with Crippen molar-refractivity contribution < 1.29 is 13.2 Å².